The average molecular weight is 404 g/mol. The summed E-state index contributed by atoms with van der Waals surface area (Å²) in [6, 6.07) is 6.85. The molecule has 2 aliphatic rings. The molecule has 1 aromatic rings. The third kappa shape index (κ3) is 4.75. The minimum Gasteiger partial charge on any atom is -0.443 e. The van der Waals surface area contributed by atoms with E-state index in [1.165, 1.54) is 29.8 Å². The van der Waals surface area contributed by atoms with E-state index in [1.54, 1.807) is 12.1 Å². The van der Waals surface area contributed by atoms with Gasteiger partial charge >= 0.3 is 6.09 Å². The highest BCUT2D eigenvalue weighted by Gasteiger charge is 2.33. The number of nitrogens with zero attached hydrogens (tertiary/aromatic N) is 3. The van der Waals surface area contributed by atoms with Crippen LogP contribution in [-0.4, -0.2) is 43.5 Å². The van der Waals surface area contributed by atoms with E-state index in [4.69, 9.17) is 10.00 Å². The van der Waals surface area contributed by atoms with Crippen LogP contribution in [0.4, 0.5) is 20.6 Å². The Kier molecular flexibility index (Phi) is 6.41. The fraction of sp³-hybridized carbons (Fsp3) is 0.421. The Labute approximate surface area is 167 Å². The van der Waals surface area contributed by atoms with Gasteiger partial charge < -0.3 is 14.4 Å². The quantitative estimate of drug-likeness (QED) is 0.580. The van der Waals surface area contributed by atoms with Crippen molar-refractivity contribution < 1.29 is 18.7 Å². The van der Waals surface area contributed by atoms with E-state index in [1.807, 2.05) is 11.0 Å². The predicted octanol–water partition coefficient (Wildman–Crippen LogP) is 2.99. The van der Waals surface area contributed by atoms with E-state index in [0.717, 1.165) is 12.0 Å². The average Bonchev–Trinajstić information content (AvgIpc) is 3.03. The number of halogens is 1. The van der Waals surface area contributed by atoms with E-state index in [2.05, 4.69) is 10.8 Å². The molecule has 0 unspecified atom stereocenters. The van der Waals surface area contributed by atoms with Crippen LogP contribution in [0.3, 0.4) is 0 Å². The molecule has 1 fully saturated rings. The monoisotopic (exact) mass is 404 g/mol. The van der Waals surface area contributed by atoms with Gasteiger partial charge in [0, 0.05) is 20.0 Å². The van der Waals surface area contributed by atoms with E-state index < -0.39 is 11.9 Å². The molecule has 1 N–H and O–H groups in total. The molecule has 0 radical (unpaired) electrons. The Hall–Kier alpha value is -2.73. The number of amides is 2. The van der Waals surface area contributed by atoms with Gasteiger partial charge in [0.2, 0.25) is 5.91 Å². The zero-order chi connectivity index (χ0) is 20.1. The summed E-state index contributed by atoms with van der Waals surface area (Å²) in [5.74, 6) is -0.150. The predicted molar refractivity (Wildman–Crippen MR) is 105 cm³/mol. The van der Waals surface area contributed by atoms with E-state index in [0.29, 0.717) is 43.2 Å². The molecule has 0 saturated carbocycles. The molecule has 0 spiro atoms. The highest BCUT2D eigenvalue weighted by molar-refractivity contribution is 7.97. The molecule has 0 bridgehead atoms. The highest BCUT2D eigenvalue weighted by Crippen LogP contribution is 2.30. The topological polar surface area (TPSA) is 85.7 Å². The minimum atomic E-state index is -0.525. The molecule has 2 heterocycles. The molecule has 7 nitrogen and oxygen atoms in total. The molecule has 2 aliphatic heterocycles. The number of carbonyl (C=O) groups is 2. The Balaban J connectivity index is 1.63. The van der Waals surface area contributed by atoms with Crippen LogP contribution in [0.1, 0.15) is 19.8 Å². The van der Waals surface area contributed by atoms with E-state index in [9.17, 15) is 14.0 Å². The first-order valence-electron chi connectivity index (χ1n) is 8.94. The molecule has 2 amide bonds. The number of carbonyl (C=O) groups excluding carboxylic acids is 2. The summed E-state index contributed by atoms with van der Waals surface area (Å²) in [7, 11) is 0. The largest absolute Gasteiger partial charge is 0.443 e. The fourth-order valence-corrected chi connectivity index (χ4v) is 3.81. The molecule has 148 valence electrons. The first kappa shape index (κ1) is 20.0. The number of anilines is 2. The van der Waals surface area contributed by atoms with Crippen molar-refractivity contribution in [3.05, 3.63) is 35.7 Å². The first-order valence-corrected chi connectivity index (χ1v) is 9.92. The van der Waals surface area contributed by atoms with Gasteiger partial charge in [-0.25, -0.2) is 9.18 Å². The lowest BCUT2D eigenvalue weighted by molar-refractivity contribution is -0.117. The summed E-state index contributed by atoms with van der Waals surface area (Å²) in [6.45, 7) is 2.92. The zero-order valence-corrected chi connectivity index (χ0v) is 16.3. The maximum absolute atomic E-state index is 14.7. The standard InChI is InChI=1S/C19H21FN4O3S/c1-13(25)22-28-12-16-11-24(19(26)27-16)15-2-3-18(17(20)10-15)23-8-5-14(4-7-21)6-9-23/h2-3,5,10,16H,4,6,8-9,11-12H2,1H3,(H,22,25)/t16-/m0/s1. The minimum absolute atomic E-state index is 0.170. The van der Waals surface area contributed by atoms with Gasteiger partial charge in [-0.05, 0) is 36.6 Å². The molecular formula is C19H21FN4O3S. The molecule has 0 aromatic heterocycles. The Morgan fingerprint density at radius 1 is 1.50 bits per heavy atom. The number of rotatable bonds is 6. The van der Waals surface area contributed by atoms with Gasteiger partial charge in [-0.3, -0.25) is 9.69 Å². The number of nitrogens with one attached hydrogen (secondary N) is 1. The molecule has 1 saturated heterocycles. The van der Waals surface area contributed by atoms with Gasteiger partial charge in [0.05, 0.1) is 36.2 Å². The van der Waals surface area contributed by atoms with Crippen molar-refractivity contribution in [3.63, 3.8) is 0 Å². The second kappa shape index (κ2) is 8.97. The van der Waals surface area contributed by atoms with Crippen molar-refractivity contribution in [2.75, 3.05) is 35.2 Å². The lowest BCUT2D eigenvalue weighted by Gasteiger charge is -2.28. The summed E-state index contributed by atoms with van der Waals surface area (Å²) in [6.07, 6.45) is 2.21. The fourth-order valence-electron chi connectivity index (χ4n) is 3.17. The van der Waals surface area contributed by atoms with Crippen molar-refractivity contribution in [1.29, 1.82) is 5.26 Å². The first-order chi connectivity index (χ1) is 13.5. The van der Waals surface area contributed by atoms with Crippen LogP contribution in [0, 0.1) is 17.1 Å². The summed E-state index contributed by atoms with van der Waals surface area (Å²) in [5.41, 5.74) is 2.00. The van der Waals surface area contributed by atoms with Gasteiger partial charge in [0.25, 0.3) is 0 Å². The Morgan fingerprint density at radius 2 is 2.32 bits per heavy atom. The normalized spacial score (nSPS) is 19.1. The molecule has 0 aliphatic carbocycles. The van der Waals surface area contributed by atoms with Crippen molar-refractivity contribution >= 4 is 35.3 Å². The second-order valence-corrected chi connectivity index (χ2v) is 7.44. The van der Waals surface area contributed by atoms with Crippen molar-refractivity contribution in [1.82, 2.24) is 4.72 Å². The summed E-state index contributed by atoms with van der Waals surface area (Å²) >= 11 is 1.18. The molecule has 1 atom stereocenters. The molecule has 28 heavy (non-hydrogen) atoms. The third-order valence-electron chi connectivity index (χ3n) is 4.55. The lowest BCUT2D eigenvalue weighted by Crippen LogP contribution is -2.30. The van der Waals surface area contributed by atoms with Crippen LogP contribution in [0.2, 0.25) is 0 Å². The second-order valence-electron chi connectivity index (χ2n) is 6.61. The Bertz CT molecular complexity index is 839. The van der Waals surface area contributed by atoms with Gasteiger partial charge in [-0.2, -0.15) is 5.26 Å². The maximum Gasteiger partial charge on any atom is 0.414 e. The van der Waals surface area contributed by atoms with Crippen molar-refractivity contribution in [3.8, 4) is 6.07 Å². The van der Waals surface area contributed by atoms with Crippen LogP contribution in [-0.2, 0) is 9.53 Å². The van der Waals surface area contributed by atoms with Gasteiger partial charge in [-0.1, -0.05) is 11.6 Å². The van der Waals surface area contributed by atoms with Crippen LogP contribution in [0.15, 0.2) is 29.8 Å². The number of hydrogen-bond acceptors (Lipinski definition) is 6. The summed E-state index contributed by atoms with van der Waals surface area (Å²) in [5, 5.41) is 8.77. The highest BCUT2D eigenvalue weighted by atomic mass is 32.2. The molecular weight excluding hydrogens is 383 g/mol. The maximum atomic E-state index is 14.7. The number of cyclic esters (lactones) is 1. The SMILES string of the molecule is CC(=O)NSC[C@@H]1CN(c2ccc(N3CC=C(CC#N)CC3)c(F)c2)C(=O)O1. The Morgan fingerprint density at radius 3 is 2.96 bits per heavy atom. The third-order valence-corrected chi connectivity index (χ3v) is 5.52. The number of benzene rings is 1. The molecule has 9 heteroatoms. The number of nitriles is 1. The molecule has 3 rings (SSSR count). The molecule has 1 aromatic carbocycles. The van der Waals surface area contributed by atoms with E-state index >= 15 is 0 Å². The lowest BCUT2D eigenvalue weighted by atomic mass is 10.0. The number of ether oxygens (including phenoxy) is 1. The van der Waals surface area contributed by atoms with Gasteiger partial charge in [0.1, 0.15) is 11.9 Å². The van der Waals surface area contributed by atoms with E-state index in [-0.39, 0.29) is 12.0 Å². The zero-order valence-electron chi connectivity index (χ0n) is 15.5. The van der Waals surface area contributed by atoms with Crippen molar-refractivity contribution in [2.45, 2.75) is 25.9 Å². The van der Waals surface area contributed by atoms with Gasteiger partial charge in [-0.15, -0.1) is 0 Å². The van der Waals surface area contributed by atoms with Gasteiger partial charge in [0.15, 0.2) is 0 Å². The summed E-state index contributed by atoms with van der Waals surface area (Å²) < 4.78 is 22.6. The van der Waals surface area contributed by atoms with Crippen LogP contribution in [0.5, 0.6) is 0 Å². The summed E-state index contributed by atoms with van der Waals surface area (Å²) in [4.78, 5) is 26.3. The smallest absolute Gasteiger partial charge is 0.414 e. The van der Waals surface area contributed by atoms with Crippen LogP contribution in [0.25, 0.3) is 0 Å². The number of hydrogen-bond donors (Lipinski definition) is 1. The van der Waals surface area contributed by atoms with Crippen molar-refractivity contribution in [2.24, 2.45) is 0 Å². The van der Waals surface area contributed by atoms with Crippen LogP contribution < -0.4 is 14.5 Å². The van der Waals surface area contributed by atoms with Crippen LogP contribution >= 0.6 is 11.9 Å².